The molecular weight excluding hydrogens is 302 g/mol. The first-order valence-electron chi connectivity index (χ1n) is 6.83. The molecule has 1 heterocycles. The van der Waals surface area contributed by atoms with Crippen molar-refractivity contribution < 1.29 is 9.83 Å². The van der Waals surface area contributed by atoms with E-state index in [9.17, 15) is 14.9 Å². The molecule has 2 rings (SSSR count). The summed E-state index contributed by atoms with van der Waals surface area (Å²) in [5, 5.41) is 16.1. The average molecular weight is 319 g/mol. The maximum Gasteiger partial charge on any atom is 0.252 e. The summed E-state index contributed by atoms with van der Waals surface area (Å²) >= 11 is 0. The molecular formula is C13H17N7O3. The molecule has 6 N–H and O–H groups in total. The Morgan fingerprint density at radius 3 is 2.96 bits per heavy atom. The molecule has 0 atom stereocenters. The van der Waals surface area contributed by atoms with Crippen LogP contribution >= 0.6 is 0 Å². The predicted octanol–water partition coefficient (Wildman–Crippen LogP) is -0.208. The van der Waals surface area contributed by atoms with Gasteiger partial charge in [-0.1, -0.05) is 5.43 Å². The highest BCUT2D eigenvalue weighted by molar-refractivity contribution is 5.84. The van der Waals surface area contributed by atoms with E-state index in [1.807, 2.05) is 30.5 Å². The van der Waals surface area contributed by atoms with Crippen LogP contribution in [0.5, 0.6) is 0 Å². The number of hydrogen-bond acceptors (Lipinski definition) is 5. The zero-order valence-corrected chi connectivity index (χ0v) is 12.2. The zero-order chi connectivity index (χ0) is 16.7. The van der Waals surface area contributed by atoms with Crippen molar-refractivity contribution in [3.05, 3.63) is 40.6 Å². The maximum absolute atomic E-state index is 11.5. The van der Waals surface area contributed by atoms with Gasteiger partial charge in [0, 0.05) is 35.9 Å². The predicted molar refractivity (Wildman–Crippen MR) is 86.4 cm³/mol. The van der Waals surface area contributed by atoms with Gasteiger partial charge in [-0.3, -0.25) is 4.79 Å². The molecule has 122 valence electrons. The topological polar surface area (TPSA) is 150 Å². The quantitative estimate of drug-likeness (QED) is 0.157. The molecule has 1 amide bonds. The van der Waals surface area contributed by atoms with E-state index in [2.05, 4.69) is 20.6 Å². The Balaban J connectivity index is 1.68. The second-order valence-electron chi connectivity index (χ2n) is 4.63. The number of carbonyl (C=O) groups is 1. The van der Waals surface area contributed by atoms with Crippen LogP contribution < -0.4 is 21.8 Å². The van der Waals surface area contributed by atoms with Gasteiger partial charge in [-0.25, -0.2) is 15.1 Å². The molecule has 0 spiro atoms. The van der Waals surface area contributed by atoms with E-state index in [0.717, 1.165) is 16.6 Å². The van der Waals surface area contributed by atoms with Crippen LogP contribution in [0.25, 0.3) is 10.9 Å². The third kappa shape index (κ3) is 5.19. The Bertz CT molecular complexity index is 725. The van der Waals surface area contributed by atoms with Gasteiger partial charge in [0.15, 0.2) is 5.03 Å². The van der Waals surface area contributed by atoms with Gasteiger partial charge in [0.05, 0.1) is 0 Å². The van der Waals surface area contributed by atoms with Gasteiger partial charge in [-0.05, 0) is 24.3 Å². The Hall–Kier alpha value is -3.30. The highest BCUT2D eigenvalue weighted by Crippen LogP contribution is 2.17. The average Bonchev–Trinajstić information content (AvgIpc) is 2.96. The molecule has 0 saturated heterocycles. The minimum absolute atomic E-state index is 0.276. The number of amides is 1. The van der Waals surface area contributed by atoms with E-state index in [-0.39, 0.29) is 12.5 Å². The van der Waals surface area contributed by atoms with Gasteiger partial charge in [0.2, 0.25) is 5.91 Å². The second-order valence-corrected chi connectivity index (χ2v) is 4.63. The van der Waals surface area contributed by atoms with E-state index in [4.69, 9.17) is 5.73 Å². The van der Waals surface area contributed by atoms with Gasteiger partial charge in [0.1, 0.15) is 6.54 Å². The van der Waals surface area contributed by atoms with Crippen molar-refractivity contribution in [1.29, 1.82) is 0 Å². The number of hydrogen-bond donors (Lipinski definition) is 5. The first kappa shape index (κ1) is 16.1. The van der Waals surface area contributed by atoms with Gasteiger partial charge in [-0.15, -0.1) is 0 Å². The van der Waals surface area contributed by atoms with Gasteiger partial charge in [-0.2, -0.15) is 0 Å². The van der Waals surface area contributed by atoms with Crippen LogP contribution in [0.1, 0.15) is 0 Å². The number of fused-ring (bicyclic) bond motifs is 1. The molecule has 0 saturated carbocycles. The third-order valence-electron chi connectivity index (χ3n) is 2.93. The molecule has 23 heavy (non-hydrogen) atoms. The molecule has 0 aliphatic carbocycles. The number of rotatable bonds is 7. The first-order chi connectivity index (χ1) is 11.0. The van der Waals surface area contributed by atoms with E-state index in [1.165, 1.54) is 0 Å². The van der Waals surface area contributed by atoms with Crippen molar-refractivity contribution in [2.75, 3.05) is 25.0 Å². The molecule has 0 fully saturated rings. The first-order valence-corrected chi connectivity index (χ1v) is 6.83. The molecule has 0 bridgehead atoms. The largest absolute Gasteiger partial charge is 0.383 e. The van der Waals surface area contributed by atoms with Crippen molar-refractivity contribution in [3.8, 4) is 0 Å². The molecule has 10 nitrogen and oxygen atoms in total. The third-order valence-corrected chi connectivity index (χ3v) is 2.93. The number of guanidine groups is 1. The Morgan fingerprint density at radius 1 is 1.35 bits per heavy atom. The summed E-state index contributed by atoms with van der Waals surface area (Å²) in [4.78, 5) is 28.2. The normalized spacial score (nSPS) is 11.2. The monoisotopic (exact) mass is 319 g/mol. The minimum atomic E-state index is -0.845. The molecule has 0 unspecified atom stereocenters. The number of anilines is 1. The van der Waals surface area contributed by atoms with Crippen molar-refractivity contribution in [1.82, 2.24) is 15.7 Å². The number of aliphatic imine (C=N–C) groups is 1. The fourth-order valence-electron chi connectivity index (χ4n) is 1.91. The fraction of sp³-hybridized carbons (Fsp3) is 0.231. The Kier molecular flexibility index (Phi) is 5.34. The number of aromatic amines is 1. The van der Waals surface area contributed by atoms with Crippen molar-refractivity contribution in [2.45, 2.75) is 0 Å². The number of aromatic nitrogens is 1. The van der Waals surface area contributed by atoms with E-state index >= 15 is 0 Å². The lowest BCUT2D eigenvalue weighted by molar-refractivity contribution is -0.525. The van der Waals surface area contributed by atoms with Crippen LogP contribution in [-0.4, -0.2) is 41.5 Å². The highest BCUT2D eigenvalue weighted by Gasteiger charge is 2.03. The van der Waals surface area contributed by atoms with Crippen LogP contribution in [0.4, 0.5) is 5.69 Å². The van der Waals surface area contributed by atoms with E-state index in [1.54, 1.807) is 5.43 Å². The van der Waals surface area contributed by atoms with E-state index in [0.29, 0.717) is 13.1 Å². The lowest BCUT2D eigenvalue weighted by atomic mass is 10.2. The van der Waals surface area contributed by atoms with Gasteiger partial charge >= 0.3 is 0 Å². The van der Waals surface area contributed by atoms with Crippen molar-refractivity contribution >= 4 is 28.5 Å². The SMILES string of the molecule is NC(=NCC(=O)NCCNc1ccc2[nH]ccc2c1)N[N+](=O)[O-]. The van der Waals surface area contributed by atoms with Gasteiger partial charge < -0.3 is 21.4 Å². The number of H-pyrrole nitrogens is 1. The zero-order valence-electron chi connectivity index (χ0n) is 12.2. The molecule has 0 radical (unpaired) electrons. The number of hydrazine groups is 1. The summed E-state index contributed by atoms with van der Waals surface area (Å²) in [6.07, 6.45) is 1.87. The fourth-order valence-corrected chi connectivity index (χ4v) is 1.91. The van der Waals surface area contributed by atoms with Gasteiger partial charge in [0.25, 0.3) is 5.96 Å². The molecule has 2 aromatic rings. The molecule has 10 heteroatoms. The Morgan fingerprint density at radius 2 is 2.17 bits per heavy atom. The van der Waals surface area contributed by atoms with Crippen LogP contribution in [0.3, 0.4) is 0 Å². The van der Waals surface area contributed by atoms with Crippen LogP contribution in [-0.2, 0) is 4.79 Å². The lowest BCUT2D eigenvalue weighted by Gasteiger charge is -2.07. The summed E-state index contributed by atoms with van der Waals surface area (Å²) in [6, 6.07) is 7.89. The summed E-state index contributed by atoms with van der Waals surface area (Å²) in [7, 11) is 0. The highest BCUT2D eigenvalue weighted by atomic mass is 16.7. The van der Waals surface area contributed by atoms with Crippen molar-refractivity contribution in [2.24, 2.45) is 10.7 Å². The summed E-state index contributed by atoms with van der Waals surface area (Å²) in [5.74, 6) is -0.788. The second kappa shape index (κ2) is 7.64. The standard InChI is InChI=1S/C13H17N7O3/c14-13(19-20(22)23)18-8-12(21)17-6-5-15-10-1-2-11-9(7-10)3-4-16-11/h1-4,7,15-16H,5-6,8H2,(H,17,21)(H3,14,18,19). The van der Waals surface area contributed by atoms with Crippen LogP contribution in [0, 0.1) is 10.1 Å². The number of nitrogens with zero attached hydrogens (tertiary/aromatic N) is 2. The summed E-state index contributed by atoms with van der Waals surface area (Å²) < 4.78 is 0. The van der Waals surface area contributed by atoms with Crippen molar-refractivity contribution in [3.63, 3.8) is 0 Å². The number of nitro groups is 1. The minimum Gasteiger partial charge on any atom is -0.383 e. The number of nitrogens with one attached hydrogen (secondary N) is 4. The maximum atomic E-state index is 11.5. The number of carbonyl (C=O) groups excluding carboxylic acids is 1. The smallest absolute Gasteiger partial charge is 0.252 e. The number of benzene rings is 1. The Labute approximate surface area is 131 Å². The molecule has 1 aromatic carbocycles. The lowest BCUT2D eigenvalue weighted by Crippen LogP contribution is -2.37. The summed E-state index contributed by atoms with van der Waals surface area (Å²) in [5.41, 5.74) is 8.85. The van der Waals surface area contributed by atoms with E-state index < -0.39 is 11.0 Å². The van der Waals surface area contributed by atoms with Crippen LogP contribution in [0.2, 0.25) is 0 Å². The molecule has 0 aliphatic rings. The molecule has 1 aromatic heterocycles. The molecule has 0 aliphatic heterocycles. The summed E-state index contributed by atoms with van der Waals surface area (Å²) in [6.45, 7) is 0.651. The number of nitrogens with two attached hydrogens (primary N) is 1. The van der Waals surface area contributed by atoms with Crippen LogP contribution in [0.15, 0.2) is 35.5 Å².